The maximum Gasteiger partial charge on any atom is 0.270 e. The first-order valence-electron chi connectivity index (χ1n) is 14.3. The van der Waals surface area contributed by atoms with E-state index in [1.54, 1.807) is 32.6 Å². The molecule has 0 bridgehead atoms. The highest BCUT2D eigenvalue weighted by Crippen LogP contribution is 2.46. The van der Waals surface area contributed by atoms with E-state index in [2.05, 4.69) is 37.1 Å². The Bertz CT molecular complexity index is 2250. The van der Waals surface area contributed by atoms with Gasteiger partial charge in [-0.05, 0) is 25.5 Å². The van der Waals surface area contributed by atoms with Gasteiger partial charge in [0.15, 0.2) is 11.6 Å². The van der Waals surface area contributed by atoms with Crippen LogP contribution in [0.5, 0.6) is 0 Å². The maximum atomic E-state index is 15.7. The maximum absolute atomic E-state index is 15.7. The number of likely N-dealkylation sites (N-methyl/N-ethyl adjacent to an activating group) is 1. The van der Waals surface area contributed by atoms with Crippen LogP contribution < -0.4 is 20.4 Å². The van der Waals surface area contributed by atoms with Gasteiger partial charge in [0.2, 0.25) is 15.5 Å². The summed E-state index contributed by atoms with van der Waals surface area (Å²) >= 11 is 0. The molecule has 15 heteroatoms. The Morgan fingerprint density at radius 1 is 1.11 bits per heavy atom. The molecule has 2 aliphatic rings. The second kappa shape index (κ2) is 10.2. The predicted molar refractivity (Wildman–Crippen MR) is 168 cm³/mol. The monoisotopic (exact) mass is 636 g/mol. The molecule has 1 aromatic carbocycles. The number of anilines is 2. The molecule has 2 atom stereocenters. The van der Waals surface area contributed by atoms with Crippen molar-refractivity contribution in [3.8, 4) is 11.1 Å². The molecular formula is C30H30F2N8O4S. The molecule has 2 unspecified atom stereocenters. The van der Waals surface area contributed by atoms with Gasteiger partial charge in [0.05, 0.1) is 39.3 Å². The molecule has 0 radical (unpaired) electrons. The topological polar surface area (TPSA) is 145 Å². The first kappa shape index (κ1) is 29.1. The van der Waals surface area contributed by atoms with Crippen LogP contribution >= 0.6 is 0 Å². The number of hydrogen-bond donors (Lipinski definition) is 3. The van der Waals surface area contributed by atoms with E-state index in [0.717, 1.165) is 31.8 Å². The van der Waals surface area contributed by atoms with Gasteiger partial charge in [-0.1, -0.05) is 0 Å². The fourth-order valence-corrected chi connectivity index (χ4v) is 7.44. The third kappa shape index (κ3) is 4.60. The summed E-state index contributed by atoms with van der Waals surface area (Å²) < 4.78 is 57.5. The van der Waals surface area contributed by atoms with Crippen LogP contribution in [0.3, 0.4) is 0 Å². The van der Waals surface area contributed by atoms with E-state index in [1.807, 2.05) is 4.72 Å². The SMILES string of the molecule is CNc1cc(F)c(F)c2c1[nH]c1ncc(-c3cnc4c(c3)c(=O)c(C(=O)NS(C)(=O)=O)cn4C)c(N3CCC4CN(C)CC43)c12. The van der Waals surface area contributed by atoms with Gasteiger partial charge in [0.25, 0.3) is 5.91 Å². The summed E-state index contributed by atoms with van der Waals surface area (Å²) in [5, 5.41) is 3.50. The third-order valence-corrected chi connectivity index (χ3v) is 9.45. The van der Waals surface area contributed by atoms with E-state index in [-0.39, 0.29) is 28.0 Å². The number of benzene rings is 1. The Kier molecular flexibility index (Phi) is 6.60. The number of hydrogen-bond acceptors (Lipinski definition) is 9. The van der Waals surface area contributed by atoms with Crippen molar-refractivity contribution in [1.82, 2.24) is 29.1 Å². The molecule has 2 saturated heterocycles. The number of likely N-dealkylation sites (tertiary alicyclic amines) is 1. The highest BCUT2D eigenvalue weighted by molar-refractivity contribution is 7.89. The molecule has 234 valence electrons. The van der Waals surface area contributed by atoms with Crippen molar-refractivity contribution in [2.45, 2.75) is 12.5 Å². The summed E-state index contributed by atoms with van der Waals surface area (Å²) in [6, 6.07) is 2.79. The van der Waals surface area contributed by atoms with Crippen molar-refractivity contribution in [2.24, 2.45) is 13.0 Å². The molecule has 45 heavy (non-hydrogen) atoms. The largest absolute Gasteiger partial charge is 0.386 e. The van der Waals surface area contributed by atoms with Gasteiger partial charge in [-0.15, -0.1) is 0 Å². The molecule has 6 heterocycles. The zero-order valence-electron chi connectivity index (χ0n) is 24.9. The van der Waals surface area contributed by atoms with Crippen molar-refractivity contribution >= 4 is 60.3 Å². The first-order valence-corrected chi connectivity index (χ1v) is 16.2. The van der Waals surface area contributed by atoms with Crippen molar-refractivity contribution in [3.63, 3.8) is 0 Å². The molecule has 2 fully saturated rings. The standard InChI is InChI=1S/C30H30F2N8O4S/c1-33-20-8-19(31)24(32)22-23-26(40-6-5-14-11-38(2)13-21(14)40)17(10-34-28(23)36-25(20)22)15-7-16-27(41)18(30(42)37-45(4,43)44)12-39(3)29(16)35-9-15/h7-10,12,14,21,33H,5-6,11,13H2,1-4H3,(H,34,36)(H,37,42). The van der Waals surface area contributed by atoms with Crippen LogP contribution in [0, 0.1) is 17.6 Å². The molecular weight excluding hydrogens is 606 g/mol. The number of sulfonamides is 1. The summed E-state index contributed by atoms with van der Waals surface area (Å²) in [5.41, 5.74) is 2.00. The van der Waals surface area contributed by atoms with Crippen LogP contribution in [0.25, 0.3) is 44.1 Å². The number of aromatic nitrogens is 4. The van der Waals surface area contributed by atoms with Gasteiger partial charge in [-0.2, -0.15) is 0 Å². The highest BCUT2D eigenvalue weighted by Gasteiger charge is 2.42. The zero-order valence-corrected chi connectivity index (χ0v) is 25.7. The molecule has 7 rings (SSSR count). The summed E-state index contributed by atoms with van der Waals surface area (Å²) in [6.45, 7) is 2.37. The quantitative estimate of drug-likeness (QED) is 0.265. The van der Waals surface area contributed by atoms with Crippen molar-refractivity contribution in [2.75, 3.05) is 50.2 Å². The number of aryl methyl sites for hydroxylation is 1. The summed E-state index contributed by atoms with van der Waals surface area (Å²) in [7, 11) is 1.35. The summed E-state index contributed by atoms with van der Waals surface area (Å²) in [5.74, 6) is -2.68. The van der Waals surface area contributed by atoms with Gasteiger partial charge in [0.1, 0.15) is 16.9 Å². The van der Waals surface area contributed by atoms with Crippen LogP contribution in [-0.4, -0.2) is 84.8 Å². The third-order valence-electron chi connectivity index (χ3n) is 8.90. The average molecular weight is 637 g/mol. The average Bonchev–Trinajstić information content (AvgIpc) is 3.67. The summed E-state index contributed by atoms with van der Waals surface area (Å²) in [6.07, 6.45) is 6.17. The molecule has 3 N–H and O–H groups in total. The minimum atomic E-state index is -3.92. The number of fused-ring (bicyclic) bond motifs is 5. The van der Waals surface area contributed by atoms with Crippen molar-refractivity contribution < 1.29 is 22.0 Å². The number of amides is 1. The molecule has 0 aliphatic carbocycles. The van der Waals surface area contributed by atoms with Gasteiger partial charge in [-0.25, -0.2) is 31.9 Å². The molecule has 5 aromatic rings. The second-order valence-corrected chi connectivity index (χ2v) is 13.6. The lowest BCUT2D eigenvalue weighted by Crippen LogP contribution is -2.35. The fourth-order valence-electron chi connectivity index (χ4n) is 7.00. The van der Waals surface area contributed by atoms with Gasteiger partial charge in [0, 0.05) is 75.6 Å². The van der Waals surface area contributed by atoms with Crippen LogP contribution in [-0.2, 0) is 17.1 Å². The van der Waals surface area contributed by atoms with Gasteiger partial charge in [-0.3, -0.25) is 9.59 Å². The van der Waals surface area contributed by atoms with Crippen LogP contribution in [0.4, 0.5) is 20.2 Å². The van der Waals surface area contributed by atoms with Crippen molar-refractivity contribution in [1.29, 1.82) is 0 Å². The minimum absolute atomic E-state index is 0.0675. The molecule has 4 aromatic heterocycles. The number of H-pyrrole nitrogens is 1. The lowest BCUT2D eigenvalue weighted by molar-refractivity contribution is 0.0980. The van der Waals surface area contributed by atoms with Crippen LogP contribution in [0.2, 0.25) is 0 Å². The molecule has 0 spiro atoms. The molecule has 1 amide bonds. The number of aromatic amines is 1. The van der Waals surface area contributed by atoms with Gasteiger partial charge >= 0.3 is 0 Å². The Labute approximate surface area is 256 Å². The number of rotatable bonds is 5. The van der Waals surface area contributed by atoms with Crippen molar-refractivity contribution in [3.05, 3.63) is 58.1 Å². The second-order valence-electron chi connectivity index (χ2n) is 11.9. The number of halogens is 2. The number of carbonyl (C=O) groups is 1. The Morgan fingerprint density at radius 2 is 1.89 bits per heavy atom. The van der Waals surface area contributed by atoms with E-state index in [9.17, 15) is 22.4 Å². The number of carbonyl (C=O) groups excluding carboxylic acids is 1. The van der Waals surface area contributed by atoms with Crippen LogP contribution in [0.15, 0.2) is 35.5 Å². The fraction of sp³-hybridized carbons (Fsp3) is 0.333. The number of pyridine rings is 3. The van der Waals surface area contributed by atoms with E-state index < -0.39 is 33.0 Å². The Hall–Kier alpha value is -4.63. The lowest BCUT2D eigenvalue weighted by atomic mass is 9.99. The van der Waals surface area contributed by atoms with Gasteiger partial charge < -0.3 is 24.7 Å². The minimum Gasteiger partial charge on any atom is -0.386 e. The number of nitrogens with one attached hydrogen (secondary N) is 3. The van der Waals surface area contributed by atoms with E-state index in [0.29, 0.717) is 51.5 Å². The smallest absolute Gasteiger partial charge is 0.270 e. The zero-order chi connectivity index (χ0) is 31.9. The number of nitrogens with zero attached hydrogens (tertiary/aromatic N) is 5. The normalized spacial score (nSPS) is 18.8. The molecule has 12 nitrogen and oxygen atoms in total. The van der Waals surface area contributed by atoms with Crippen LogP contribution in [0.1, 0.15) is 16.8 Å². The van der Waals surface area contributed by atoms with E-state index in [1.165, 1.54) is 10.8 Å². The lowest BCUT2D eigenvalue weighted by Gasteiger charge is -2.29. The molecule has 0 saturated carbocycles. The Morgan fingerprint density at radius 3 is 2.62 bits per heavy atom. The highest BCUT2D eigenvalue weighted by atomic mass is 32.2. The van der Waals surface area contributed by atoms with E-state index in [4.69, 9.17) is 0 Å². The first-order chi connectivity index (χ1) is 21.4. The summed E-state index contributed by atoms with van der Waals surface area (Å²) in [4.78, 5) is 43.1. The predicted octanol–water partition coefficient (Wildman–Crippen LogP) is 2.78. The van der Waals surface area contributed by atoms with E-state index >= 15 is 4.39 Å². The molecule has 2 aliphatic heterocycles. The Balaban J connectivity index is 1.52.